The van der Waals surface area contributed by atoms with Gasteiger partial charge < -0.3 is 10.6 Å². The van der Waals surface area contributed by atoms with E-state index in [4.69, 9.17) is 11.6 Å². The number of benzene rings is 1. The quantitative estimate of drug-likeness (QED) is 0.794. The van der Waals surface area contributed by atoms with E-state index in [0.29, 0.717) is 11.9 Å². The summed E-state index contributed by atoms with van der Waals surface area (Å²) in [5.41, 5.74) is 1.14. The molecule has 1 aromatic heterocycles. The zero-order chi connectivity index (χ0) is 15.2. The van der Waals surface area contributed by atoms with Crippen LogP contribution in [0.15, 0.2) is 28.7 Å². The number of hydrogen-bond acceptors (Lipinski definition) is 5. The predicted octanol–water partition coefficient (Wildman–Crippen LogP) is 4.28. The third kappa shape index (κ3) is 4.82. The number of nitrogens with one attached hydrogen (secondary N) is 2. The van der Waals surface area contributed by atoms with Crippen molar-refractivity contribution in [3.8, 4) is 0 Å². The topological polar surface area (TPSA) is 62.7 Å². The molecular formula is C14H17BrClN5. The average Bonchev–Trinajstić information content (AvgIpc) is 2.45. The normalized spacial score (nSPS) is 12.0. The van der Waals surface area contributed by atoms with Gasteiger partial charge in [0.05, 0.1) is 6.04 Å². The molecule has 5 nitrogen and oxygen atoms in total. The molecule has 0 aliphatic carbocycles. The van der Waals surface area contributed by atoms with Gasteiger partial charge >= 0.3 is 0 Å². The van der Waals surface area contributed by atoms with Crippen molar-refractivity contribution in [1.82, 2.24) is 15.0 Å². The number of rotatable bonds is 6. The van der Waals surface area contributed by atoms with Crippen LogP contribution in [-0.4, -0.2) is 21.5 Å². The lowest BCUT2D eigenvalue weighted by Gasteiger charge is -2.15. The van der Waals surface area contributed by atoms with E-state index in [1.165, 1.54) is 0 Å². The van der Waals surface area contributed by atoms with Crippen LogP contribution in [-0.2, 0) is 0 Å². The molecule has 1 aromatic carbocycles. The number of nitrogens with zero attached hydrogens (tertiary/aromatic N) is 3. The Morgan fingerprint density at radius 3 is 2.48 bits per heavy atom. The van der Waals surface area contributed by atoms with Crippen molar-refractivity contribution in [2.45, 2.75) is 26.3 Å². The summed E-state index contributed by atoms with van der Waals surface area (Å²) in [5.74, 6) is 0.950. The van der Waals surface area contributed by atoms with Gasteiger partial charge in [-0.2, -0.15) is 15.0 Å². The van der Waals surface area contributed by atoms with Gasteiger partial charge in [0.25, 0.3) is 0 Å². The Morgan fingerprint density at radius 2 is 1.81 bits per heavy atom. The van der Waals surface area contributed by atoms with E-state index in [0.717, 1.165) is 23.0 Å². The highest BCUT2D eigenvalue weighted by molar-refractivity contribution is 9.10. The van der Waals surface area contributed by atoms with Crippen LogP contribution in [0.2, 0.25) is 5.28 Å². The summed E-state index contributed by atoms with van der Waals surface area (Å²) >= 11 is 9.36. The van der Waals surface area contributed by atoms with Gasteiger partial charge in [-0.25, -0.2) is 0 Å². The number of aromatic nitrogens is 3. The molecule has 0 bridgehead atoms. The van der Waals surface area contributed by atoms with Crippen LogP contribution in [0.25, 0.3) is 0 Å². The molecule has 1 atom stereocenters. The SMILES string of the molecule is CCCNc1nc(Cl)nc(NC(C)c2ccc(Br)cc2)n1. The van der Waals surface area contributed by atoms with Crippen molar-refractivity contribution in [2.75, 3.05) is 17.2 Å². The number of halogens is 2. The fraction of sp³-hybridized carbons (Fsp3) is 0.357. The van der Waals surface area contributed by atoms with Gasteiger partial charge in [0.1, 0.15) is 0 Å². The van der Waals surface area contributed by atoms with E-state index in [9.17, 15) is 0 Å². The van der Waals surface area contributed by atoms with Gasteiger partial charge in [0, 0.05) is 11.0 Å². The lowest BCUT2D eigenvalue weighted by Crippen LogP contribution is -2.12. The first-order chi connectivity index (χ1) is 10.1. The molecule has 0 spiro atoms. The first kappa shape index (κ1) is 16.0. The molecule has 0 radical (unpaired) electrons. The van der Waals surface area contributed by atoms with E-state index in [1.807, 2.05) is 31.2 Å². The first-order valence-corrected chi connectivity index (χ1v) is 7.93. The lowest BCUT2D eigenvalue weighted by molar-refractivity contribution is 0.850. The monoisotopic (exact) mass is 369 g/mol. The molecule has 7 heteroatoms. The smallest absolute Gasteiger partial charge is 0.229 e. The van der Waals surface area contributed by atoms with Gasteiger partial charge in [-0.15, -0.1) is 0 Å². The highest BCUT2D eigenvalue weighted by Gasteiger charge is 2.09. The molecule has 21 heavy (non-hydrogen) atoms. The number of anilines is 2. The molecule has 0 saturated carbocycles. The van der Waals surface area contributed by atoms with Gasteiger partial charge in [0.15, 0.2) is 0 Å². The third-order valence-electron chi connectivity index (χ3n) is 2.86. The van der Waals surface area contributed by atoms with Crippen molar-refractivity contribution in [3.63, 3.8) is 0 Å². The standard InChI is InChI=1S/C14H17BrClN5/c1-3-8-17-13-19-12(16)20-14(21-13)18-9(2)10-4-6-11(15)7-5-10/h4-7,9H,3,8H2,1-2H3,(H2,17,18,19,20,21). The summed E-state index contributed by atoms with van der Waals surface area (Å²) in [4.78, 5) is 12.5. The first-order valence-electron chi connectivity index (χ1n) is 6.76. The Kier molecular flexibility index (Phi) is 5.76. The minimum Gasteiger partial charge on any atom is -0.354 e. The summed E-state index contributed by atoms with van der Waals surface area (Å²) in [6.07, 6.45) is 0.987. The van der Waals surface area contributed by atoms with Crippen molar-refractivity contribution < 1.29 is 0 Å². The van der Waals surface area contributed by atoms with Gasteiger partial charge in [-0.3, -0.25) is 0 Å². The van der Waals surface area contributed by atoms with Crippen LogP contribution in [0.4, 0.5) is 11.9 Å². The van der Waals surface area contributed by atoms with Crippen LogP contribution in [0.3, 0.4) is 0 Å². The molecular weight excluding hydrogens is 354 g/mol. The molecule has 0 aliphatic heterocycles. The van der Waals surface area contributed by atoms with Crippen LogP contribution in [0, 0.1) is 0 Å². The molecule has 2 rings (SSSR count). The fourth-order valence-electron chi connectivity index (χ4n) is 1.76. The van der Waals surface area contributed by atoms with Crippen LogP contribution in [0.1, 0.15) is 31.9 Å². The molecule has 0 saturated heterocycles. The second-order valence-electron chi connectivity index (χ2n) is 4.60. The maximum atomic E-state index is 5.93. The fourth-order valence-corrected chi connectivity index (χ4v) is 2.18. The maximum absolute atomic E-state index is 5.93. The van der Waals surface area contributed by atoms with E-state index >= 15 is 0 Å². The lowest BCUT2D eigenvalue weighted by atomic mass is 10.1. The van der Waals surface area contributed by atoms with Gasteiger partial charge in [-0.1, -0.05) is 35.0 Å². The Morgan fingerprint density at radius 1 is 1.14 bits per heavy atom. The minimum atomic E-state index is 0.0654. The van der Waals surface area contributed by atoms with Crippen LogP contribution < -0.4 is 10.6 Å². The highest BCUT2D eigenvalue weighted by atomic mass is 79.9. The van der Waals surface area contributed by atoms with Crippen molar-refractivity contribution in [2.24, 2.45) is 0 Å². The van der Waals surface area contributed by atoms with Crippen molar-refractivity contribution in [3.05, 3.63) is 39.6 Å². The Hall–Kier alpha value is -1.40. The Bertz CT molecular complexity index is 590. The second kappa shape index (κ2) is 7.56. The van der Waals surface area contributed by atoms with E-state index in [2.05, 4.69) is 48.4 Å². The molecule has 1 unspecified atom stereocenters. The zero-order valence-electron chi connectivity index (χ0n) is 11.9. The molecule has 112 valence electrons. The van der Waals surface area contributed by atoms with Crippen molar-refractivity contribution >= 4 is 39.4 Å². The summed E-state index contributed by atoms with van der Waals surface area (Å²) in [6.45, 7) is 4.91. The summed E-state index contributed by atoms with van der Waals surface area (Å²) < 4.78 is 1.05. The van der Waals surface area contributed by atoms with E-state index < -0.39 is 0 Å². The molecule has 0 amide bonds. The van der Waals surface area contributed by atoms with Crippen LogP contribution in [0.5, 0.6) is 0 Å². The molecule has 2 N–H and O–H groups in total. The van der Waals surface area contributed by atoms with Gasteiger partial charge in [-0.05, 0) is 42.6 Å². The highest BCUT2D eigenvalue weighted by Crippen LogP contribution is 2.20. The zero-order valence-corrected chi connectivity index (χ0v) is 14.2. The van der Waals surface area contributed by atoms with Gasteiger partial charge in [0.2, 0.25) is 17.2 Å². The minimum absolute atomic E-state index is 0.0654. The van der Waals surface area contributed by atoms with Crippen LogP contribution >= 0.6 is 27.5 Å². The van der Waals surface area contributed by atoms with E-state index in [1.54, 1.807) is 0 Å². The molecule has 0 fully saturated rings. The summed E-state index contributed by atoms with van der Waals surface area (Å²) in [7, 11) is 0. The second-order valence-corrected chi connectivity index (χ2v) is 5.85. The Balaban J connectivity index is 2.10. The maximum Gasteiger partial charge on any atom is 0.229 e. The predicted molar refractivity (Wildman–Crippen MR) is 89.8 cm³/mol. The molecule has 1 heterocycles. The number of hydrogen-bond donors (Lipinski definition) is 2. The molecule has 2 aromatic rings. The summed E-state index contributed by atoms with van der Waals surface area (Å²) in [5, 5.41) is 6.51. The summed E-state index contributed by atoms with van der Waals surface area (Å²) in [6, 6.07) is 8.15. The average molecular weight is 371 g/mol. The Labute approximate surface area is 137 Å². The largest absolute Gasteiger partial charge is 0.354 e. The third-order valence-corrected chi connectivity index (χ3v) is 3.55. The van der Waals surface area contributed by atoms with Crippen molar-refractivity contribution in [1.29, 1.82) is 0 Å². The van der Waals surface area contributed by atoms with E-state index in [-0.39, 0.29) is 11.3 Å². The molecule has 0 aliphatic rings.